The van der Waals surface area contributed by atoms with Gasteiger partial charge in [-0.15, -0.1) is 0 Å². The molecule has 1 saturated heterocycles. The lowest BCUT2D eigenvalue weighted by molar-refractivity contribution is -0.0337. The van der Waals surface area contributed by atoms with Gasteiger partial charge in [-0.3, -0.25) is 0 Å². The van der Waals surface area contributed by atoms with E-state index in [-0.39, 0.29) is 0 Å². The lowest BCUT2D eigenvalue weighted by atomic mass is 9.99. The SMILES string of the molecule is CC1CC(Nc2ccc(Br)cc2Br)CC(C)O1. The van der Waals surface area contributed by atoms with Crippen LogP contribution >= 0.6 is 31.9 Å². The minimum atomic E-state index is 0.338. The van der Waals surface area contributed by atoms with E-state index in [1.807, 2.05) is 0 Å². The maximum Gasteiger partial charge on any atom is 0.0570 e. The molecule has 4 heteroatoms. The normalized spacial score (nSPS) is 29.1. The molecule has 1 fully saturated rings. The molecular weight excluding hydrogens is 346 g/mol. The lowest BCUT2D eigenvalue weighted by Gasteiger charge is -2.33. The van der Waals surface area contributed by atoms with Gasteiger partial charge in [-0.05, 0) is 60.8 Å². The first-order valence-electron chi connectivity index (χ1n) is 5.91. The van der Waals surface area contributed by atoms with Gasteiger partial charge in [-0.1, -0.05) is 15.9 Å². The number of nitrogens with one attached hydrogen (secondary N) is 1. The highest BCUT2D eigenvalue weighted by atomic mass is 79.9. The van der Waals surface area contributed by atoms with Crippen molar-refractivity contribution in [3.63, 3.8) is 0 Å². The van der Waals surface area contributed by atoms with E-state index < -0.39 is 0 Å². The van der Waals surface area contributed by atoms with Gasteiger partial charge < -0.3 is 10.1 Å². The van der Waals surface area contributed by atoms with Crippen molar-refractivity contribution in [2.75, 3.05) is 5.32 Å². The zero-order chi connectivity index (χ0) is 12.4. The zero-order valence-electron chi connectivity index (χ0n) is 10.0. The predicted molar refractivity (Wildman–Crippen MR) is 78.5 cm³/mol. The summed E-state index contributed by atoms with van der Waals surface area (Å²) in [5, 5.41) is 3.59. The first-order chi connectivity index (χ1) is 8.04. The molecule has 0 aromatic heterocycles. The van der Waals surface area contributed by atoms with Gasteiger partial charge in [0, 0.05) is 20.7 Å². The second-order valence-corrected chi connectivity index (χ2v) is 6.46. The summed E-state index contributed by atoms with van der Waals surface area (Å²) in [5.74, 6) is 0. The number of ether oxygens (including phenoxy) is 1. The molecule has 94 valence electrons. The topological polar surface area (TPSA) is 21.3 Å². The van der Waals surface area contributed by atoms with Crippen LogP contribution in [-0.2, 0) is 4.74 Å². The van der Waals surface area contributed by atoms with Crippen LogP contribution in [0.25, 0.3) is 0 Å². The Labute approximate surface area is 119 Å². The quantitative estimate of drug-likeness (QED) is 0.831. The third-order valence-electron chi connectivity index (χ3n) is 2.99. The van der Waals surface area contributed by atoms with Crippen molar-refractivity contribution in [3.8, 4) is 0 Å². The van der Waals surface area contributed by atoms with Crippen molar-refractivity contribution in [1.29, 1.82) is 0 Å². The van der Waals surface area contributed by atoms with E-state index >= 15 is 0 Å². The predicted octanol–water partition coefficient (Wildman–Crippen LogP) is 4.58. The third-order valence-corrected chi connectivity index (χ3v) is 4.14. The number of halogens is 2. The molecule has 2 unspecified atom stereocenters. The van der Waals surface area contributed by atoms with E-state index in [0.717, 1.165) is 27.5 Å². The molecule has 0 radical (unpaired) electrons. The van der Waals surface area contributed by atoms with Crippen LogP contribution in [0.15, 0.2) is 27.1 Å². The van der Waals surface area contributed by atoms with Crippen LogP contribution in [0, 0.1) is 0 Å². The summed E-state index contributed by atoms with van der Waals surface area (Å²) in [6.45, 7) is 4.28. The maximum absolute atomic E-state index is 5.74. The molecular formula is C13H17Br2NO. The molecule has 1 aromatic carbocycles. The summed E-state index contributed by atoms with van der Waals surface area (Å²) in [4.78, 5) is 0. The molecule has 1 aliphatic heterocycles. The van der Waals surface area contributed by atoms with Crippen LogP contribution in [-0.4, -0.2) is 18.2 Å². The van der Waals surface area contributed by atoms with Crippen molar-refractivity contribution in [2.24, 2.45) is 0 Å². The second kappa shape index (κ2) is 5.72. The summed E-state index contributed by atoms with van der Waals surface area (Å²) < 4.78 is 7.93. The summed E-state index contributed by atoms with van der Waals surface area (Å²) in [6, 6.07) is 6.71. The average molecular weight is 363 g/mol. The van der Waals surface area contributed by atoms with Crippen molar-refractivity contribution in [3.05, 3.63) is 27.1 Å². The molecule has 0 amide bonds. The van der Waals surface area contributed by atoms with E-state index in [1.54, 1.807) is 0 Å². The molecule has 1 aliphatic rings. The molecule has 2 rings (SSSR count). The molecule has 0 bridgehead atoms. The minimum Gasteiger partial charge on any atom is -0.381 e. The third kappa shape index (κ3) is 3.70. The van der Waals surface area contributed by atoms with Gasteiger partial charge in [0.2, 0.25) is 0 Å². The number of rotatable bonds is 2. The fourth-order valence-corrected chi connectivity index (χ4v) is 3.51. The Balaban J connectivity index is 2.04. The summed E-state index contributed by atoms with van der Waals surface area (Å²) in [7, 11) is 0. The van der Waals surface area contributed by atoms with Gasteiger partial charge >= 0.3 is 0 Å². The van der Waals surface area contributed by atoms with Crippen LogP contribution in [0.3, 0.4) is 0 Å². The summed E-state index contributed by atoms with van der Waals surface area (Å²) in [5.41, 5.74) is 1.15. The number of benzene rings is 1. The largest absolute Gasteiger partial charge is 0.381 e. The van der Waals surface area contributed by atoms with Gasteiger partial charge in [0.05, 0.1) is 12.2 Å². The van der Waals surface area contributed by atoms with Crippen molar-refractivity contribution >= 4 is 37.5 Å². The smallest absolute Gasteiger partial charge is 0.0570 e. The van der Waals surface area contributed by atoms with Crippen molar-refractivity contribution < 1.29 is 4.74 Å². The fraction of sp³-hybridized carbons (Fsp3) is 0.538. The van der Waals surface area contributed by atoms with Crippen LogP contribution in [0.1, 0.15) is 26.7 Å². The van der Waals surface area contributed by atoms with Crippen LogP contribution in [0.2, 0.25) is 0 Å². The molecule has 2 atom stereocenters. The molecule has 0 saturated carbocycles. The number of hydrogen-bond acceptors (Lipinski definition) is 2. The summed E-state index contributed by atoms with van der Waals surface area (Å²) in [6.07, 6.45) is 2.80. The molecule has 1 heterocycles. The molecule has 2 nitrogen and oxygen atoms in total. The van der Waals surface area contributed by atoms with E-state index in [9.17, 15) is 0 Å². The Morgan fingerprint density at radius 2 is 1.82 bits per heavy atom. The molecule has 1 aromatic rings. The molecule has 0 spiro atoms. The molecule has 1 N–H and O–H groups in total. The van der Waals surface area contributed by atoms with Crippen LogP contribution in [0.4, 0.5) is 5.69 Å². The number of hydrogen-bond donors (Lipinski definition) is 1. The highest BCUT2D eigenvalue weighted by Gasteiger charge is 2.24. The standard InChI is InChI=1S/C13H17Br2NO/c1-8-5-11(6-9(2)17-8)16-13-4-3-10(14)7-12(13)15/h3-4,7-9,11,16H,5-6H2,1-2H3. The van der Waals surface area contributed by atoms with Crippen LogP contribution in [0.5, 0.6) is 0 Å². The zero-order valence-corrected chi connectivity index (χ0v) is 13.2. The first-order valence-corrected chi connectivity index (χ1v) is 7.50. The second-order valence-electron chi connectivity index (χ2n) is 4.69. The van der Waals surface area contributed by atoms with Crippen LogP contribution < -0.4 is 5.32 Å². The van der Waals surface area contributed by atoms with E-state index in [1.165, 1.54) is 0 Å². The maximum atomic E-state index is 5.74. The minimum absolute atomic E-state index is 0.338. The van der Waals surface area contributed by atoms with Gasteiger partial charge in [0.1, 0.15) is 0 Å². The van der Waals surface area contributed by atoms with E-state index in [2.05, 4.69) is 69.2 Å². The monoisotopic (exact) mass is 361 g/mol. The highest BCUT2D eigenvalue weighted by Crippen LogP contribution is 2.29. The fourth-order valence-electron chi connectivity index (χ4n) is 2.35. The Morgan fingerprint density at radius 3 is 2.41 bits per heavy atom. The highest BCUT2D eigenvalue weighted by molar-refractivity contribution is 9.11. The lowest BCUT2D eigenvalue weighted by Crippen LogP contribution is -2.36. The Kier molecular flexibility index (Phi) is 4.50. The first kappa shape index (κ1) is 13.4. The summed E-state index contributed by atoms with van der Waals surface area (Å²) >= 11 is 7.04. The van der Waals surface area contributed by atoms with Gasteiger partial charge in [0.25, 0.3) is 0 Å². The van der Waals surface area contributed by atoms with E-state index in [4.69, 9.17) is 4.74 Å². The van der Waals surface area contributed by atoms with Crippen molar-refractivity contribution in [2.45, 2.75) is 44.9 Å². The Bertz CT molecular complexity index is 387. The van der Waals surface area contributed by atoms with Gasteiger partial charge in [-0.2, -0.15) is 0 Å². The Morgan fingerprint density at radius 1 is 1.18 bits per heavy atom. The number of anilines is 1. The molecule has 17 heavy (non-hydrogen) atoms. The van der Waals surface area contributed by atoms with E-state index in [0.29, 0.717) is 18.2 Å². The molecule has 0 aliphatic carbocycles. The average Bonchev–Trinajstić information content (AvgIpc) is 2.21. The Hall–Kier alpha value is -0.0600. The van der Waals surface area contributed by atoms with Gasteiger partial charge in [-0.25, -0.2) is 0 Å². The van der Waals surface area contributed by atoms with Gasteiger partial charge in [0.15, 0.2) is 0 Å². The van der Waals surface area contributed by atoms with Crippen molar-refractivity contribution in [1.82, 2.24) is 0 Å².